The Morgan fingerprint density at radius 2 is 2.50 bits per heavy atom. The van der Waals surface area contributed by atoms with Crippen molar-refractivity contribution in [3.05, 3.63) is 12.7 Å². The highest BCUT2D eigenvalue weighted by atomic mass is 15.1. The van der Waals surface area contributed by atoms with E-state index in [0.717, 1.165) is 5.71 Å². The predicted molar refractivity (Wildman–Crippen MR) is 27.5 cm³/mol. The monoisotopic (exact) mass is 84.1 g/mol. The Morgan fingerprint density at radius 1 is 2.00 bits per heavy atom. The summed E-state index contributed by atoms with van der Waals surface area (Å²) in [7, 11) is 0. The predicted octanol–water partition coefficient (Wildman–Crippen LogP) is 0.507. The smallest absolute Gasteiger partial charge is 0.0563 e. The summed E-state index contributed by atoms with van der Waals surface area (Å²) < 4.78 is 0. The van der Waals surface area contributed by atoms with Gasteiger partial charge in [0.25, 0.3) is 0 Å². The minimum Gasteiger partial charge on any atom is -0.323 e. The lowest BCUT2D eigenvalue weighted by atomic mass is 10.4. The van der Waals surface area contributed by atoms with Crippen LogP contribution in [0.1, 0.15) is 6.92 Å². The molecule has 6 heavy (non-hydrogen) atoms. The Hall–Kier alpha value is -0.790. The molecule has 0 aromatic carbocycles. The highest BCUT2D eigenvalue weighted by Gasteiger charge is 1.69. The van der Waals surface area contributed by atoms with Crippen molar-refractivity contribution in [2.75, 3.05) is 0 Å². The molecule has 0 radical (unpaired) electrons. The fraction of sp³-hybridized carbons (Fsp3) is 0.250. The van der Waals surface area contributed by atoms with Crippen molar-refractivity contribution in [2.24, 2.45) is 10.9 Å². The molecule has 0 unspecified atom stereocenters. The summed E-state index contributed by atoms with van der Waals surface area (Å²) in [6.45, 7) is 5.21. The third kappa shape index (κ3) is 1.52. The summed E-state index contributed by atoms with van der Waals surface area (Å²) in [5, 5.41) is 3.31. The highest BCUT2D eigenvalue weighted by molar-refractivity contribution is 5.91. The van der Waals surface area contributed by atoms with E-state index in [1.165, 1.54) is 0 Å². The lowest BCUT2D eigenvalue weighted by Crippen LogP contribution is -1.88. The van der Waals surface area contributed by atoms with Crippen LogP contribution in [-0.2, 0) is 0 Å². The van der Waals surface area contributed by atoms with Crippen LogP contribution in [0, 0.1) is 0 Å². The highest BCUT2D eigenvalue weighted by Crippen LogP contribution is 1.67. The van der Waals surface area contributed by atoms with E-state index in [9.17, 15) is 0 Å². The molecule has 0 saturated carbocycles. The van der Waals surface area contributed by atoms with Crippen LogP contribution >= 0.6 is 0 Å². The van der Waals surface area contributed by atoms with Gasteiger partial charge in [-0.3, -0.25) is 0 Å². The van der Waals surface area contributed by atoms with Gasteiger partial charge in [-0.05, 0) is 13.0 Å². The summed E-state index contributed by atoms with van der Waals surface area (Å²) in [6.07, 6.45) is 1.60. The van der Waals surface area contributed by atoms with Gasteiger partial charge in [0.2, 0.25) is 0 Å². The minimum atomic E-state index is 0.759. The summed E-state index contributed by atoms with van der Waals surface area (Å²) in [4.78, 5) is 0. The molecule has 0 aromatic rings. The zero-order valence-corrected chi connectivity index (χ0v) is 3.81. The van der Waals surface area contributed by atoms with Gasteiger partial charge in [-0.25, -0.2) is 0 Å². The molecule has 0 aliphatic heterocycles. The lowest BCUT2D eigenvalue weighted by Gasteiger charge is -1.77. The lowest BCUT2D eigenvalue weighted by molar-refractivity contribution is 1.24. The summed E-state index contributed by atoms with van der Waals surface area (Å²) in [5.41, 5.74) is 0.759. The van der Waals surface area contributed by atoms with Crippen molar-refractivity contribution in [1.29, 1.82) is 0 Å². The fourth-order valence-corrected chi connectivity index (χ4v) is 0.0527. The standard InChI is InChI=1S/C4H8N2/c1-3-4(2)6-5/h3H,1,5H2,2H3. The molecule has 0 aromatic heterocycles. The number of nitrogens with zero attached hydrogens (tertiary/aromatic N) is 1. The maximum absolute atomic E-state index is 4.80. The van der Waals surface area contributed by atoms with Gasteiger partial charge in [-0.15, -0.1) is 0 Å². The van der Waals surface area contributed by atoms with Crippen molar-refractivity contribution >= 4 is 5.71 Å². The molecule has 0 atom stereocenters. The average molecular weight is 84.1 g/mol. The largest absolute Gasteiger partial charge is 0.323 e. The number of rotatable bonds is 1. The van der Waals surface area contributed by atoms with Crippen molar-refractivity contribution in [2.45, 2.75) is 6.92 Å². The van der Waals surface area contributed by atoms with E-state index >= 15 is 0 Å². The van der Waals surface area contributed by atoms with Crippen LogP contribution in [0.2, 0.25) is 0 Å². The number of hydrogen-bond donors (Lipinski definition) is 1. The molecule has 0 amide bonds. The van der Waals surface area contributed by atoms with Crippen LogP contribution in [-0.4, -0.2) is 5.71 Å². The van der Waals surface area contributed by atoms with Crippen LogP contribution in [0.15, 0.2) is 17.8 Å². The molecule has 0 spiro atoms. The maximum atomic E-state index is 4.80. The Bertz CT molecular complexity index is 73.6. The van der Waals surface area contributed by atoms with E-state index in [1.54, 1.807) is 13.0 Å². The molecular weight excluding hydrogens is 76.1 g/mol. The van der Waals surface area contributed by atoms with Gasteiger partial charge in [0.15, 0.2) is 0 Å². The molecule has 0 saturated heterocycles. The molecule has 34 valence electrons. The zero-order chi connectivity index (χ0) is 4.99. The van der Waals surface area contributed by atoms with Gasteiger partial charge in [0.05, 0.1) is 5.71 Å². The SMILES string of the molecule is C=CC(C)=NN. The number of hydrogen-bond acceptors (Lipinski definition) is 2. The third-order valence-electron chi connectivity index (χ3n) is 0.499. The fourth-order valence-electron chi connectivity index (χ4n) is 0.0527. The quantitative estimate of drug-likeness (QED) is 0.280. The molecule has 2 heteroatoms. The minimum absolute atomic E-state index is 0.759. The molecule has 2 N–H and O–H groups in total. The van der Waals surface area contributed by atoms with Crippen molar-refractivity contribution in [1.82, 2.24) is 0 Å². The van der Waals surface area contributed by atoms with E-state index in [4.69, 9.17) is 5.84 Å². The van der Waals surface area contributed by atoms with Crippen LogP contribution in [0.25, 0.3) is 0 Å². The molecule has 0 bridgehead atoms. The summed E-state index contributed by atoms with van der Waals surface area (Å²) in [5.74, 6) is 4.80. The Labute approximate surface area is 37.3 Å². The van der Waals surface area contributed by atoms with E-state index in [-0.39, 0.29) is 0 Å². The van der Waals surface area contributed by atoms with Gasteiger partial charge in [-0.2, -0.15) is 5.10 Å². The Morgan fingerprint density at radius 3 is 2.50 bits per heavy atom. The summed E-state index contributed by atoms with van der Waals surface area (Å²) in [6, 6.07) is 0. The molecule has 0 heterocycles. The van der Waals surface area contributed by atoms with E-state index < -0.39 is 0 Å². The van der Waals surface area contributed by atoms with Crippen LogP contribution in [0.4, 0.5) is 0 Å². The second kappa shape index (κ2) is 2.45. The first-order valence-corrected chi connectivity index (χ1v) is 1.68. The van der Waals surface area contributed by atoms with Crippen molar-refractivity contribution < 1.29 is 0 Å². The molecule has 0 rings (SSSR count). The van der Waals surface area contributed by atoms with Gasteiger partial charge in [0, 0.05) is 0 Å². The maximum Gasteiger partial charge on any atom is 0.0563 e. The van der Waals surface area contributed by atoms with Gasteiger partial charge >= 0.3 is 0 Å². The van der Waals surface area contributed by atoms with E-state index in [2.05, 4.69) is 11.7 Å². The van der Waals surface area contributed by atoms with Gasteiger partial charge < -0.3 is 5.84 Å². The van der Waals surface area contributed by atoms with Crippen LogP contribution < -0.4 is 5.84 Å². The van der Waals surface area contributed by atoms with Gasteiger partial charge in [-0.1, -0.05) is 6.58 Å². The van der Waals surface area contributed by atoms with Gasteiger partial charge in [0.1, 0.15) is 0 Å². The Balaban J connectivity index is 3.50. The zero-order valence-electron chi connectivity index (χ0n) is 3.81. The normalized spacial score (nSPS) is 11.2. The molecule has 0 aliphatic rings. The van der Waals surface area contributed by atoms with E-state index in [0.29, 0.717) is 0 Å². The van der Waals surface area contributed by atoms with Crippen molar-refractivity contribution in [3.8, 4) is 0 Å². The van der Waals surface area contributed by atoms with Crippen molar-refractivity contribution in [3.63, 3.8) is 0 Å². The molecule has 2 nitrogen and oxygen atoms in total. The van der Waals surface area contributed by atoms with E-state index in [1.807, 2.05) is 0 Å². The van der Waals surface area contributed by atoms with Crippen LogP contribution in [0.3, 0.4) is 0 Å². The first-order chi connectivity index (χ1) is 2.81. The molecule has 0 fully saturated rings. The third-order valence-corrected chi connectivity index (χ3v) is 0.499. The average Bonchev–Trinajstić information content (AvgIpc) is 1.65. The van der Waals surface area contributed by atoms with Crippen LogP contribution in [0.5, 0.6) is 0 Å². The first kappa shape index (κ1) is 5.21. The second-order valence-electron chi connectivity index (χ2n) is 0.975. The first-order valence-electron chi connectivity index (χ1n) is 1.68. The number of hydrazone groups is 1. The molecular formula is C4H8N2. The second-order valence-corrected chi connectivity index (χ2v) is 0.975. The number of allylic oxidation sites excluding steroid dienone is 1. The molecule has 0 aliphatic carbocycles. The Kier molecular flexibility index (Phi) is 2.13. The summed E-state index contributed by atoms with van der Waals surface area (Å²) >= 11 is 0. The topological polar surface area (TPSA) is 38.4 Å². The number of nitrogens with two attached hydrogens (primary N) is 1.